The number of aromatic nitrogens is 2. The van der Waals surface area contributed by atoms with Crippen molar-refractivity contribution in [2.45, 2.75) is 6.54 Å². The SMILES string of the molecule is O=c1[nH]c(=O)n(Cc2sccc2Br)c(O)c1F. The lowest BCUT2D eigenvalue weighted by atomic mass is 10.4. The molecule has 90 valence electrons. The minimum absolute atomic E-state index is 0.0172. The van der Waals surface area contributed by atoms with E-state index in [1.165, 1.54) is 11.3 Å². The topological polar surface area (TPSA) is 75.1 Å². The van der Waals surface area contributed by atoms with Gasteiger partial charge in [-0.15, -0.1) is 11.3 Å². The Morgan fingerprint density at radius 2 is 2.24 bits per heavy atom. The predicted octanol–water partition coefficient (Wildman–Crippen LogP) is 1.25. The van der Waals surface area contributed by atoms with Crippen LogP contribution >= 0.6 is 27.3 Å². The molecule has 0 aliphatic carbocycles. The third kappa shape index (κ3) is 2.18. The van der Waals surface area contributed by atoms with Crippen molar-refractivity contribution in [1.82, 2.24) is 9.55 Å². The average molecular weight is 321 g/mol. The van der Waals surface area contributed by atoms with E-state index in [4.69, 9.17) is 0 Å². The van der Waals surface area contributed by atoms with Gasteiger partial charge >= 0.3 is 5.69 Å². The van der Waals surface area contributed by atoms with Gasteiger partial charge in [-0.3, -0.25) is 14.3 Å². The van der Waals surface area contributed by atoms with Crippen LogP contribution in [0.15, 0.2) is 25.5 Å². The predicted molar refractivity (Wildman–Crippen MR) is 64.1 cm³/mol. The van der Waals surface area contributed by atoms with Crippen LogP contribution in [0.2, 0.25) is 0 Å². The molecule has 2 rings (SSSR count). The number of aromatic hydroxyl groups is 1. The molecule has 0 atom stereocenters. The molecule has 0 radical (unpaired) electrons. The van der Waals surface area contributed by atoms with Crippen molar-refractivity contribution in [2.75, 3.05) is 0 Å². The fourth-order valence-electron chi connectivity index (χ4n) is 1.26. The highest BCUT2D eigenvalue weighted by molar-refractivity contribution is 9.10. The molecule has 2 aromatic heterocycles. The highest BCUT2D eigenvalue weighted by atomic mass is 79.9. The number of rotatable bonds is 2. The van der Waals surface area contributed by atoms with Crippen LogP contribution in [-0.2, 0) is 6.54 Å². The second kappa shape index (κ2) is 4.46. The van der Waals surface area contributed by atoms with Gasteiger partial charge in [0.05, 0.1) is 6.54 Å². The van der Waals surface area contributed by atoms with E-state index >= 15 is 0 Å². The molecule has 17 heavy (non-hydrogen) atoms. The highest BCUT2D eigenvalue weighted by Crippen LogP contribution is 2.24. The van der Waals surface area contributed by atoms with E-state index in [0.29, 0.717) is 0 Å². The van der Waals surface area contributed by atoms with Crippen LogP contribution in [0, 0.1) is 5.82 Å². The summed E-state index contributed by atoms with van der Waals surface area (Å²) in [6, 6.07) is 1.77. The summed E-state index contributed by atoms with van der Waals surface area (Å²) < 4.78 is 14.6. The number of nitrogens with zero attached hydrogens (tertiary/aromatic N) is 1. The van der Waals surface area contributed by atoms with Crippen LogP contribution in [0.3, 0.4) is 0 Å². The molecule has 0 amide bonds. The fraction of sp³-hybridized carbons (Fsp3) is 0.111. The fourth-order valence-corrected chi connectivity index (χ4v) is 2.73. The first-order valence-corrected chi connectivity index (χ1v) is 6.11. The van der Waals surface area contributed by atoms with E-state index in [0.717, 1.165) is 13.9 Å². The normalized spacial score (nSPS) is 10.7. The van der Waals surface area contributed by atoms with E-state index in [-0.39, 0.29) is 6.54 Å². The van der Waals surface area contributed by atoms with Gasteiger partial charge in [0.2, 0.25) is 11.7 Å². The van der Waals surface area contributed by atoms with Crippen LogP contribution in [0.4, 0.5) is 4.39 Å². The van der Waals surface area contributed by atoms with Crippen LogP contribution in [-0.4, -0.2) is 14.7 Å². The molecule has 0 unspecified atom stereocenters. The van der Waals surface area contributed by atoms with Crippen molar-refractivity contribution in [3.63, 3.8) is 0 Å². The van der Waals surface area contributed by atoms with Crippen molar-refractivity contribution < 1.29 is 9.50 Å². The zero-order valence-electron chi connectivity index (χ0n) is 8.24. The molecule has 2 aromatic rings. The quantitative estimate of drug-likeness (QED) is 0.874. The summed E-state index contributed by atoms with van der Waals surface area (Å²) in [5, 5.41) is 11.2. The first-order valence-electron chi connectivity index (χ1n) is 4.44. The van der Waals surface area contributed by atoms with Gasteiger partial charge in [0, 0.05) is 9.35 Å². The maximum atomic E-state index is 13.1. The lowest BCUT2D eigenvalue weighted by molar-refractivity contribution is 0.368. The van der Waals surface area contributed by atoms with Crippen LogP contribution in [0.1, 0.15) is 4.88 Å². The van der Waals surface area contributed by atoms with Gasteiger partial charge in [-0.2, -0.15) is 4.39 Å². The molecule has 0 spiro atoms. The molecule has 2 heterocycles. The molecule has 0 saturated carbocycles. The lowest BCUT2D eigenvalue weighted by Gasteiger charge is -2.06. The molecule has 0 aromatic carbocycles. The van der Waals surface area contributed by atoms with Crippen molar-refractivity contribution in [3.05, 3.63) is 47.5 Å². The van der Waals surface area contributed by atoms with Crippen molar-refractivity contribution in [1.29, 1.82) is 0 Å². The van der Waals surface area contributed by atoms with Gasteiger partial charge in [0.25, 0.3) is 5.56 Å². The number of H-pyrrole nitrogens is 1. The summed E-state index contributed by atoms with van der Waals surface area (Å²) in [6.07, 6.45) is 0. The monoisotopic (exact) mass is 320 g/mol. The van der Waals surface area contributed by atoms with Gasteiger partial charge in [0.15, 0.2) is 0 Å². The largest absolute Gasteiger partial charge is 0.492 e. The molecule has 8 heteroatoms. The Bertz CT molecular complexity index is 676. The molecule has 2 N–H and O–H groups in total. The summed E-state index contributed by atoms with van der Waals surface area (Å²) in [7, 11) is 0. The molecule has 5 nitrogen and oxygen atoms in total. The zero-order chi connectivity index (χ0) is 12.6. The molecule has 0 bridgehead atoms. The van der Waals surface area contributed by atoms with E-state index in [1.54, 1.807) is 16.4 Å². The number of thiophene rings is 1. The van der Waals surface area contributed by atoms with E-state index in [9.17, 15) is 19.1 Å². The Kier molecular flexibility index (Phi) is 3.16. The maximum Gasteiger partial charge on any atom is 0.331 e. The van der Waals surface area contributed by atoms with E-state index in [2.05, 4.69) is 15.9 Å². The van der Waals surface area contributed by atoms with Gasteiger partial charge in [0.1, 0.15) is 0 Å². The van der Waals surface area contributed by atoms with Crippen LogP contribution < -0.4 is 11.2 Å². The van der Waals surface area contributed by atoms with Gasteiger partial charge < -0.3 is 5.11 Å². The minimum atomic E-state index is -1.36. The number of hydrogen-bond acceptors (Lipinski definition) is 4. The Hall–Kier alpha value is -1.41. The Labute approximate surface area is 106 Å². The minimum Gasteiger partial charge on any atom is -0.492 e. The van der Waals surface area contributed by atoms with Gasteiger partial charge in [-0.25, -0.2) is 4.79 Å². The molecular formula is C9H6BrFN2O3S. The van der Waals surface area contributed by atoms with E-state index in [1.807, 2.05) is 0 Å². The molecule has 0 fully saturated rings. The number of nitrogens with one attached hydrogen (secondary N) is 1. The van der Waals surface area contributed by atoms with Crippen molar-refractivity contribution >= 4 is 27.3 Å². The Morgan fingerprint density at radius 1 is 1.53 bits per heavy atom. The number of halogens is 2. The number of hydrogen-bond donors (Lipinski definition) is 2. The second-order valence-electron chi connectivity index (χ2n) is 3.17. The van der Waals surface area contributed by atoms with E-state index < -0.39 is 22.9 Å². The van der Waals surface area contributed by atoms with Gasteiger partial charge in [-0.05, 0) is 27.4 Å². The number of aromatic amines is 1. The van der Waals surface area contributed by atoms with Crippen molar-refractivity contribution in [3.8, 4) is 5.88 Å². The second-order valence-corrected chi connectivity index (χ2v) is 5.03. The van der Waals surface area contributed by atoms with Crippen LogP contribution in [0.25, 0.3) is 0 Å². The third-order valence-electron chi connectivity index (χ3n) is 2.11. The highest BCUT2D eigenvalue weighted by Gasteiger charge is 2.15. The maximum absolute atomic E-state index is 13.1. The first kappa shape index (κ1) is 12.1. The lowest BCUT2D eigenvalue weighted by Crippen LogP contribution is -2.32. The zero-order valence-corrected chi connectivity index (χ0v) is 10.6. The summed E-state index contributed by atoms with van der Waals surface area (Å²) >= 11 is 4.59. The summed E-state index contributed by atoms with van der Waals surface area (Å²) in [5.41, 5.74) is -2.08. The van der Waals surface area contributed by atoms with Crippen molar-refractivity contribution in [2.24, 2.45) is 0 Å². The smallest absolute Gasteiger partial charge is 0.331 e. The average Bonchev–Trinajstić information content (AvgIpc) is 2.67. The molecule has 0 aliphatic heterocycles. The van der Waals surface area contributed by atoms with Gasteiger partial charge in [-0.1, -0.05) is 0 Å². The van der Waals surface area contributed by atoms with Crippen LogP contribution in [0.5, 0.6) is 5.88 Å². The standard InChI is InChI=1S/C9H6BrFN2O3S/c10-4-1-2-17-5(4)3-13-8(15)6(11)7(14)12-9(13)16/h1-2,15H,3H2,(H,12,14,16). The summed E-state index contributed by atoms with van der Waals surface area (Å²) in [6.45, 7) is -0.0172. The summed E-state index contributed by atoms with van der Waals surface area (Å²) in [4.78, 5) is 24.8. The molecule has 0 saturated heterocycles. The third-order valence-corrected chi connectivity index (χ3v) is 4.02. The molecule has 0 aliphatic rings. The molecular weight excluding hydrogens is 315 g/mol. The summed E-state index contributed by atoms with van der Waals surface area (Å²) in [5.74, 6) is -2.32. The Morgan fingerprint density at radius 3 is 2.82 bits per heavy atom. The Balaban J connectivity index is 2.54. The first-order chi connectivity index (χ1) is 8.00.